The number of benzene rings is 4. The van der Waals surface area contributed by atoms with Gasteiger partial charge in [-0.1, -0.05) is 76.2 Å². The molecule has 0 radical (unpaired) electrons. The number of nitrogens with two attached hydrogens (primary N) is 2. The Bertz CT molecular complexity index is 3150. The number of carbonyl (C=O) groups excluding carboxylic acids is 9. The summed E-state index contributed by atoms with van der Waals surface area (Å²) in [6, 6.07) is 11.7. The molecule has 448 valence electrons. The zero-order valence-electron chi connectivity index (χ0n) is 45.8. The van der Waals surface area contributed by atoms with Gasteiger partial charge in [-0.2, -0.15) is 0 Å². The monoisotopic (exact) mass is 1200 g/mol. The first kappa shape index (κ1) is 64.4. The number of hydrogen-bond acceptors (Lipinski definition) is 17. The van der Waals surface area contributed by atoms with Crippen molar-refractivity contribution in [1.29, 1.82) is 0 Å². The van der Waals surface area contributed by atoms with Crippen LogP contribution in [0.5, 0.6) is 11.5 Å². The summed E-state index contributed by atoms with van der Waals surface area (Å²) < 4.78 is 0. The minimum absolute atomic E-state index is 0.0472. The summed E-state index contributed by atoms with van der Waals surface area (Å²) in [5.74, 6) is -9.11. The molecule has 0 bridgehead atoms. The van der Waals surface area contributed by atoms with Gasteiger partial charge in [0.2, 0.25) is 53.2 Å². The normalized spacial score (nSPS) is 20.5. The fraction of sp³-hybridized carbons (Fsp3) is 0.375. The number of phenols is 2. The lowest BCUT2D eigenvalue weighted by atomic mass is 10.0. The van der Waals surface area contributed by atoms with Gasteiger partial charge in [0.25, 0.3) is 5.69 Å². The Morgan fingerprint density at radius 3 is 1.86 bits per heavy atom. The predicted molar refractivity (Wildman–Crippen MR) is 312 cm³/mol. The van der Waals surface area contributed by atoms with Crippen LogP contribution in [-0.4, -0.2) is 151 Å². The third kappa shape index (κ3) is 19.2. The molecule has 84 heavy (non-hydrogen) atoms. The Kier molecular flexibility index (Phi) is 23.8. The molecule has 9 atom stereocenters. The molecule has 0 saturated carbocycles. The van der Waals surface area contributed by atoms with E-state index in [1.54, 1.807) is 30.5 Å². The van der Waals surface area contributed by atoms with Crippen LogP contribution in [0.4, 0.5) is 5.69 Å². The molecule has 26 nitrogen and oxygen atoms in total. The predicted octanol–water partition coefficient (Wildman–Crippen LogP) is 0.0463. The second-order valence-electron chi connectivity index (χ2n) is 20.0. The highest BCUT2D eigenvalue weighted by molar-refractivity contribution is 8.76. The maximum absolute atomic E-state index is 14.9. The number of nitro benzene ring substituents is 1. The molecular weight excluding hydrogens is 1130 g/mol. The molecule has 0 spiro atoms. The minimum Gasteiger partial charge on any atom is -0.508 e. The number of aromatic amines is 1. The van der Waals surface area contributed by atoms with Gasteiger partial charge in [-0.3, -0.25) is 53.3 Å². The van der Waals surface area contributed by atoms with Crippen molar-refractivity contribution in [3.63, 3.8) is 0 Å². The van der Waals surface area contributed by atoms with Gasteiger partial charge >= 0.3 is 0 Å². The topological polar surface area (TPSA) is 422 Å². The quantitative estimate of drug-likeness (QED) is 0.0212. The fourth-order valence-corrected chi connectivity index (χ4v) is 11.3. The number of fused-ring (bicyclic) bond motifs is 1. The van der Waals surface area contributed by atoms with Crippen LogP contribution in [0.15, 0.2) is 103 Å². The maximum Gasteiger partial charge on any atom is 0.269 e. The Hall–Kier alpha value is -8.73. The van der Waals surface area contributed by atoms with E-state index in [9.17, 15) is 68.6 Å². The Morgan fingerprint density at radius 2 is 1.25 bits per heavy atom. The summed E-state index contributed by atoms with van der Waals surface area (Å²) in [6.45, 7) is 2.56. The van der Waals surface area contributed by atoms with Crippen molar-refractivity contribution in [1.82, 2.24) is 47.5 Å². The molecule has 4 unspecified atom stereocenters. The number of carbonyl (C=O) groups is 9. The van der Waals surface area contributed by atoms with Crippen molar-refractivity contribution in [3.05, 3.63) is 136 Å². The average molecular weight is 1200 g/mol. The number of rotatable bonds is 20. The summed E-state index contributed by atoms with van der Waals surface area (Å²) in [7, 11) is 1.80. The van der Waals surface area contributed by atoms with Crippen molar-refractivity contribution in [2.75, 3.05) is 18.1 Å². The average Bonchev–Trinajstić information content (AvgIpc) is 3.90. The van der Waals surface area contributed by atoms with E-state index in [4.69, 9.17) is 11.5 Å². The molecule has 1 aliphatic rings. The Labute approximate surface area is 490 Å². The number of aliphatic hydroxyl groups excluding tert-OH is 1. The molecule has 9 amide bonds. The first-order valence-electron chi connectivity index (χ1n) is 26.7. The first-order valence-corrected chi connectivity index (χ1v) is 29.2. The van der Waals surface area contributed by atoms with E-state index in [0.29, 0.717) is 39.6 Å². The second kappa shape index (κ2) is 31.1. The van der Waals surface area contributed by atoms with Crippen molar-refractivity contribution < 1.29 is 63.4 Å². The van der Waals surface area contributed by atoms with Crippen LogP contribution in [-0.2, 0) is 68.8 Å². The number of primary amides is 1. The van der Waals surface area contributed by atoms with Crippen molar-refractivity contribution in [2.45, 2.75) is 113 Å². The number of para-hydroxylation sites is 1. The van der Waals surface area contributed by atoms with Gasteiger partial charge in [-0.25, -0.2) is 0 Å². The number of amides is 9. The lowest BCUT2D eigenvalue weighted by Crippen LogP contribution is -2.62. The standard InChI is InChI=1S/C56H68N12O14S2/c1-30(69)48-56(80)66-47(54(78)62-42(49(58)73)23-33-12-18-37(71)19-13-33)29-84-83-28-46(65-51(75)43(60-31(2)70)24-32-10-16-36(17-11-32)68(81)82)55(79)63-44(25-34-14-20-38(72)21-15-34)52(76)64-45(26-35-27-59-40-8-4-3-7-39(35)40)53(77)61-41(50(74)67-48)9-5-6-22-57/h3-4,7-8,10-21,27,30,41-48,59,69,71-72H,5-6,9,22-26,28-29,57H2,1-2H3,(H2,58,73)(H,60,70)(H,61,77)(H,62,78)(H,63,79)(H,64,76)(H,65,75)(H,66,80)(H,67,74)/t30-,41+,42-,43+,44+,45?,46?,47?,48?/m1/s1. The molecule has 0 aliphatic carbocycles. The van der Waals surface area contributed by atoms with Gasteiger partial charge in [-0.05, 0) is 85.3 Å². The molecule has 4 aromatic carbocycles. The van der Waals surface area contributed by atoms with E-state index >= 15 is 0 Å². The lowest BCUT2D eigenvalue weighted by Gasteiger charge is -2.29. The molecular formula is C56H68N12O14S2. The molecule has 1 saturated heterocycles. The molecule has 1 aromatic heterocycles. The lowest BCUT2D eigenvalue weighted by molar-refractivity contribution is -0.384. The summed E-state index contributed by atoms with van der Waals surface area (Å²) >= 11 is 0. The van der Waals surface area contributed by atoms with Crippen LogP contribution in [0.3, 0.4) is 0 Å². The smallest absolute Gasteiger partial charge is 0.269 e. The van der Waals surface area contributed by atoms with Crippen LogP contribution in [0.1, 0.15) is 55.4 Å². The van der Waals surface area contributed by atoms with Crippen LogP contribution >= 0.6 is 21.6 Å². The van der Waals surface area contributed by atoms with E-state index in [2.05, 4.69) is 47.5 Å². The highest BCUT2D eigenvalue weighted by atomic mass is 33.1. The van der Waals surface area contributed by atoms with E-state index < -0.39 is 113 Å². The second-order valence-corrected chi connectivity index (χ2v) is 22.6. The van der Waals surface area contributed by atoms with Crippen molar-refractivity contribution in [2.24, 2.45) is 11.5 Å². The van der Waals surface area contributed by atoms with Gasteiger partial charge in [0.15, 0.2) is 0 Å². The molecule has 6 rings (SSSR count). The molecule has 28 heteroatoms. The Balaban J connectivity index is 1.42. The number of nitro groups is 1. The van der Waals surface area contributed by atoms with Gasteiger partial charge in [-0.15, -0.1) is 0 Å². The van der Waals surface area contributed by atoms with Gasteiger partial charge in [0.1, 0.15) is 59.8 Å². The van der Waals surface area contributed by atoms with Crippen LogP contribution in [0, 0.1) is 10.1 Å². The zero-order valence-corrected chi connectivity index (χ0v) is 47.5. The number of non-ortho nitro benzene ring substituents is 1. The van der Waals surface area contributed by atoms with E-state index in [1.807, 2.05) is 0 Å². The third-order valence-corrected chi connectivity index (χ3v) is 15.9. The molecule has 16 N–H and O–H groups in total. The van der Waals surface area contributed by atoms with E-state index in [0.717, 1.165) is 28.5 Å². The van der Waals surface area contributed by atoms with Crippen LogP contribution < -0.4 is 54.0 Å². The molecule has 5 aromatic rings. The molecule has 2 heterocycles. The maximum atomic E-state index is 14.9. The highest BCUT2D eigenvalue weighted by Gasteiger charge is 2.37. The van der Waals surface area contributed by atoms with Gasteiger partial charge < -0.3 is 74.3 Å². The fourth-order valence-electron chi connectivity index (χ4n) is 8.98. The van der Waals surface area contributed by atoms with Crippen molar-refractivity contribution in [3.8, 4) is 11.5 Å². The summed E-state index contributed by atoms with van der Waals surface area (Å²) in [5.41, 5.74) is 13.9. The zero-order chi connectivity index (χ0) is 61.0. The van der Waals surface area contributed by atoms with Crippen LogP contribution in [0.25, 0.3) is 10.9 Å². The van der Waals surface area contributed by atoms with E-state index in [-0.39, 0.29) is 73.8 Å². The SMILES string of the molecule is CC(=O)N[C@@H](Cc1ccc([N+](=O)[O-])cc1)C(=O)NC1CSSCC(C(=O)N[C@H](Cc2ccc(O)cc2)C(N)=O)NC(=O)C([C@@H](C)O)NC(=O)[C@H](CCCCN)NC(=O)C(Cc2c[nH]c3ccccc23)NC(=O)[C@H](Cc2ccc(O)cc2)NC1=O. The highest BCUT2D eigenvalue weighted by Crippen LogP contribution is 2.25. The summed E-state index contributed by atoms with van der Waals surface area (Å²) in [4.78, 5) is 141. The minimum atomic E-state index is -1.78. The number of hydrogen-bond donors (Lipinski definition) is 14. The number of aliphatic hydroxyl groups is 1. The number of nitrogens with zero attached hydrogens (tertiary/aromatic N) is 1. The van der Waals surface area contributed by atoms with Crippen LogP contribution in [0.2, 0.25) is 0 Å². The van der Waals surface area contributed by atoms with Gasteiger partial charge in [0.05, 0.1) is 11.0 Å². The first-order chi connectivity index (χ1) is 40.1. The van der Waals surface area contributed by atoms with Gasteiger partial charge in [0, 0.05) is 73.3 Å². The summed E-state index contributed by atoms with van der Waals surface area (Å²) in [6.07, 6.45) is -0.147. The largest absolute Gasteiger partial charge is 0.508 e. The molecule has 1 aliphatic heterocycles. The number of aromatic nitrogens is 1. The number of phenolic OH excluding ortho intramolecular Hbond substituents is 2. The van der Waals surface area contributed by atoms with E-state index in [1.165, 1.54) is 79.7 Å². The molecule has 1 fully saturated rings. The Morgan fingerprint density at radius 1 is 0.690 bits per heavy atom. The number of nitrogens with one attached hydrogen (secondary N) is 9. The number of unbranched alkanes of at least 4 members (excludes halogenated alkanes) is 1. The number of H-pyrrole nitrogens is 1. The summed E-state index contributed by atoms with van der Waals surface area (Å²) in [5, 5.41) is 64.1. The number of aromatic hydroxyl groups is 2. The van der Waals surface area contributed by atoms with Crippen molar-refractivity contribution >= 4 is 91.3 Å². The third-order valence-electron chi connectivity index (χ3n) is 13.5.